The Bertz CT molecular complexity index is 447. The van der Waals surface area contributed by atoms with Gasteiger partial charge in [-0.15, -0.1) is 22.6 Å². The van der Waals surface area contributed by atoms with Gasteiger partial charge in [0, 0.05) is 6.42 Å². The van der Waals surface area contributed by atoms with Crippen LogP contribution in [0, 0.1) is 0 Å². The van der Waals surface area contributed by atoms with E-state index >= 15 is 0 Å². The minimum absolute atomic E-state index is 0. The molecule has 0 aromatic carbocycles. The van der Waals surface area contributed by atoms with Gasteiger partial charge in [0.05, 0.1) is 13.0 Å². The zero-order chi connectivity index (χ0) is 12.1. The average Bonchev–Trinajstić information content (AvgIpc) is 2.25. The van der Waals surface area contributed by atoms with Gasteiger partial charge in [0.25, 0.3) is 5.56 Å². The van der Waals surface area contributed by atoms with Gasteiger partial charge in [-0.05, 0) is 6.92 Å². The van der Waals surface area contributed by atoms with Crippen LogP contribution in [0.15, 0.2) is 4.79 Å². The Morgan fingerprint density at radius 2 is 2.12 bits per heavy atom. The monoisotopic (exact) mass is 263 g/mol. The minimum atomic E-state index is -0.559. The molecule has 0 radical (unpaired) electrons. The minimum Gasteiger partial charge on any atom is -0.466 e. The molecule has 17 heavy (non-hydrogen) atoms. The quantitative estimate of drug-likeness (QED) is 0.519. The third kappa shape index (κ3) is 3.91. The summed E-state index contributed by atoms with van der Waals surface area (Å²) in [4.78, 5) is 22.5. The third-order valence-electron chi connectivity index (χ3n) is 1.86. The highest BCUT2D eigenvalue weighted by Gasteiger charge is 2.10. The van der Waals surface area contributed by atoms with Gasteiger partial charge in [-0.3, -0.25) is 9.59 Å². The smallest absolute Gasteiger partial charge is 0.306 e. The molecule has 1 rings (SSSR count). The summed E-state index contributed by atoms with van der Waals surface area (Å²) < 4.78 is 5.39. The number of aromatic nitrogens is 3. The van der Waals surface area contributed by atoms with Gasteiger partial charge in [0.1, 0.15) is 5.69 Å². The van der Waals surface area contributed by atoms with Crippen molar-refractivity contribution in [2.24, 2.45) is 0 Å². The van der Waals surface area contributed by atoms with E-state index in [1.807, 2.05) is 0 Å². The maximum Gasteiger partial charge on any atom is 0.306 e. The summed E-state index contributed by atoms with van der Waals surface area (Å²) in [7, 11) is 0. The SMILES string of the molecule is CCOC(=O)CCc1nnc(N)n(N)c1=O.Cl. The molecule has 1 aromatic rings. The Labute approximate surface area is 103 Å². The first-order valence-electron chi connectivity index (χ1n) is 4.71. The van der Waals surface area contributed by atoms with Crippen LogP contribution in [0.5, 0.6) is 0 Å². The number of rotatable bonds is 4. The van der Waals surface area contributed by atoms with E-state index in [0.29, 0.717) is 11.3 Å². The molecule has 0 unspecified atom stereocenters. The van der Waals surface area contributed by atoms with Crippen LogP contribution in [0.25, 0.3) is 0 Å². The predicted octanol–water partition coefficient (Wildman–Crippen LogP) is -1.15. The molecule has 0 aliphatic carbocycles. The number of nitrogens with two attached hydrogens (primary N) is 2. The molecular weight excluding hydrogens is 250 g/mol. The lowest BCUT2D eigenvalue weighted by atomic mass is 10.2. The molecule has 0 spiro atoms. The molecule has 0 saturated heterocycles. The van der Waals surface area contributed by atoms with Gasteiger partial charge in [0.15, 0.2) is 0 Å². The zero-order valence-electron chi connectivity index (χ0n) is 9.25. The van der Waals surface area contributed by atoms with E-state index in [1.54, 1.807) is 6.92 Å². The largest absolute Gasteiger partial charge is 0.466 e. The topological polar surface area (TPSA) is 126 Å². The average molecular weight is 264 g/mol. The number of nitrogens with zero attached hydrogens (tertiary/aromatic N) is 3. The van der Waals surface area contributed by atoms with Crippen molar-refractivity contribution in [3.05, 3.63) is 16.0 Å². The summed E-state index contributed by atoms with van der Waals surface area (Å²) in [5, 5.41) is 7.05. The van der Waals surface area contributed by atoms with E-state index in [1.165, 1.54) is 0 Å². The van der Waals surface area contributed by atoms with Crippen LogP contribution in [0.4, 0.5) is 5.95 Å². The van der Waals surface area contributed by atoms with E-state index in [4.69, 9.17) is 16.3 Å². The second-order valence-corrected chi connectivity index (χ2v) is 2.99. The maximum absolute atomic E-state index is 11.5. The van der Waals surface area contributed by atoms with Gasteiger partial charge in [-0.25, -0.2) is 0 Å². The molecule has 96 valence electrons. The van der Waals surface area contributed by atoms with E-state index in [0.717, 1.165) is 0 Å². The number of ether oxygens (including phenoxy) is 1. The van der Waals surface area contributed by atoms with Crippen molar-refractivity contribution in [3.8, 4) is 0 Å². The number of anilines is 1. The number of esters is 1. The molecule has 1 heterocycles. The molecule has 0 amide bonds. The number of halogens is 1. The first-order valence-corrected chi connectivity index (χ1v) is 4.71. The van der Waals surface area contributed by atoms with Gasteiger partial charge in [0.2, 0.25) is 5.95 Å². The summed E-state index contributed by atoms with van der Waals surface area (Å²) in [6.07, 6.45) is 0.184. The van der Waals surface area contributed by atoms with Crippen molar-refractivity contribution in [3.63, 3.8) is 0 Å². The van der Waals surface area contributed by atoms with Crippen molar-refractivity contribution >= 4 is 24.3 Å². The zero-order valence-corrected chi connectivity index (χ0v) is 10.1. The van der Waals surface area contributed by atoms with Crippen LogP contribution in [0.1, 0.15) is 19.0 Å². The fourth-order valence-electron chi connectivity index (χ4n) is 1.06. The first kappa shape index (κ1) is 15.2. The summed E-state index contributed by atoms with van der Waals surface area (Å²) >= 11 is 0. The maximum atomic E-state index is 11.5. The Kier molecular flexibility index (Phi) is 5.97. The van der Waals surface area contributed by atoms with Crippen molar-refractivity contribution in [1.29, 1.82) is 0 Å². The van der Waals surface area contributed by atoms with Crippen molar-refractivity contribution in [1.82, 2.24) is 14.9 Å². The molecule has 0 bridgehead atoms. The summed E-state index contributed by atoms with van der Waals surface area (Å²) in [5.41, 5.74) is 4.80. The Balaban J connectivity index is 0.00000256. The lowest BCUT2D eigenvalue weighted by Gasteiger charge is -2.03. The molecule has 0 aliphatic heterocycles. The van der Waals surface area contributed by atoms with Crippen molar-refractivity contribution in [2.75, 3.05) is 18.2 Å². The third-order valence-corrected chi connectivity index (χ3v) is 1.86. The summed E-state index contributed by atoms with van der Waals surface area (Å²) in [5.74, 6) is 4.73. The molecule has 0 aliphatic rings. The molecule has 9 heteroatoms. The van der Waals surface area contributed by atoms with Crippen LogP contribution < -0.4 is 17.1 Å². The summed E-state index contributed by atoms with van der Waals surface area (Å²) in [6, 6.07) is 0. The highest BCUT2D eigenvalue weighted by molar-refractivity contribution is 5.85. The molecular formula is C8H14ClN5O3. The highest BCUT2D eigenvalue weighted by Crippen LogP contribution is 1.95. The van der Waals surface area contributed by atoms with Crippen LogP contribution in [0.2, 0.25) is 0 Å². The lowest BCUT2D eigenvalue weighted by Crippen LogP contribution is -2.34. The number of hydrogen-bond donors (Lipinski definition) is 2. The Morgan fingerprint density at radius 3 is 2.71 bits per heavy atom. The van der Waals surface area contributed by atoms with E-state index in [9.17, 15) is 9.59 Å². The highest BCUT2D eigenvalue weighted by atomic mass is 35.5. The second kappa shape index (κ2) is 6.69. The van der Waals surface area contributed by atoms with Gasteiger partial charge in [-0.1, -0.05) is 0 Å². The second-order valence-electron chi connectivity index (χ2n) is 2.99. The van der Waals surface area contributed by atoms with Crippen molar-refractivity contribution in [2.45, 2.75) is 19.8 Å². The van der Waals surface area contributed by atoms with Gasteiger partial charge < -0.3 is 16.3 Å². The normalized spacial score (nSPS) is 9.47. The fourth-order valence-corrected chi connectivity index (χ4v) is 1.06. The van der Waals surface area contributed by atoms with Gasteiger partial charge in [-0.2, -0.15) is 4.68 Å². The predicted molar refractivity (Wildman–Crippen MR) is 63.1 cm³/mol. The number of aryl methyl sites for hydroxylation is 1. The molecule has 0 saturated carbocycles. The number of carbonyl (C=O) groups excluding carboxylic acids is 1. The Hall–Kier alpha value is -1.83. The number of carbonyl (C=O) groups is 1. The Morgan fingerprint density at radius 1 is 1.47 bits per heavy atom. The van der Waals surface area contributed by atoms with Gasteiger partial charge >= 0.3 is 5.97 Å². The number of hydrogen-bond acceptors (Lipinski definition) is 7. The van der Waals surface area contributed by atoms with E-state index in [-0.39, 0.29) is 36.9 Å². The van der Waals surface area contributed by atoms with Crippen LogP contribution in [-0.4, -0.2) is 27.4 Å². The van der Waals surface area contributed by atoms with Crippen LogP contribution in [0.3, 0.4) is 0 Å². The molecule has 8 nitrogen and oxygen atoms in total. The molecule has 0 atom stereocenters. The fraction of sp³-hybridized carbons (Fsp3) is 0.500. The van der Waals surface area contributed by atoms with E-state index < -0.39 is 11.5 Å². The van der Waals surface area contributed by atoms with Crippen LogP contribution >= 0.6 is 12.4 Å². The number of nitrogen functional groups attached to an aromatic ring is 2. The molecule has 0 fully saturated rings. The van der Waals surface area contributed by atoms with Crippen molar-refractivity contribution < 1.29 is 9.53 Å². The summed E-state index contributed by atoms with van der Waals surface area (Å²) in [6.45, 7) is 2.00. The molecule has 1 aromatic heterocycles. The lowest BCUT2D eigenvalue weighted by molar-refractivity contribution is -0.143. The van der Waals surface area contributed by atoms with E-state index in [2.05, 4.69) is 10.2 Å². The first-order chi connectivity index (χ1) is 7.56. The standard InChI is InChI=1S/C8H13N5O3.ClH/c1-2-16-6(14)4-3-5-7(15)13(10)8(9)12-11-5;/h2-4,10H2,1H3,(H2,9,12);1H. The van der Waals surface area contributed by atoms with Crippen LogP contribution in [-0.2, 0) is 16.0 Å². The molecule has 4 N–H and O–H groups in total.